The van der Waals surface area contributed by atoms with Gasteiger partial charge in [-0.25, -0.2) is 4.79 Å². The van der Waals surface area contributed by atoms with E-state index < -0.39 is 11.2 Å². The topological polar surface area (TPSA) is 132 Å². The van der Waals surface area contributed by atoms with Crippen LogP contribution < -0.4 is 31.4 Å². The summed E-state index contributed by atoms with van der Waals surface area (Å²) in [6.45, 7) is 4.35. The number of ether oxygens (including phenoxy) is 2. The van der Waals surface area contributed by atoms with Crippen LogP contribution in [0.3, 0.4) is 0 Å². The summed E-state index contributed by atoms with van der Waals surface area (Å²) in [7, 11) is 0. The Hall–Kier alpha value is -4.34. The molecule has 3 aromatic rings. The molecule has 3 N–H and O–H groups in total. The Labute approximate surface area is 195 Å². The van der Waals surface area contributed by atoms with E-state index in [0.717, 1.165) is 0 Å². The third kappa shape index (κ3) is 6.35. The van der Waals surface area contributed by atoms with Crippen molar-refractivity contribution in [3.63, 3.8) is 0 Å². The number of nitrogens with one attached hydrogen (secondary N) is 3. The summed E-state index contributed by atoms with van der Waals surface area (Å²) in [6.07, 6.45) is 1.31. The molecule has 0 spiro atoms. The van der Waals surface area contributed by atoms with Crippen molar-refractivity contribution in [2.75, 3.05) is 23.8 Å². The third-order valence-corrected chi connectivity index (χ3v) is 4.72. The number of aromatic amines is 1. The first-order chi connectivity index (χ1) is 16.4. The first kappa shape index (κ1) is 24.3. The van der Waals surface area contributed by atoms with Crippen molar-refractivity contribution in [1.82, 2.24) is 9.55 Å². The summed E-state index contributed by atoms with van der Waals surface area (Å²) >= 11 is 0. The minimum atomic E-state index is -0.590. The van der Waals surface area contributed by atoms with E-state index in [1.807, 2.05) is 6.07 Å². The normalized spacial score (nSPS) is 10.4. The monoisotopic (exact) mass is 466 g/mol. The number of nitrogens with zero attached hydrogens (tertiary/aromatic N) is 1. The maximum Gasteiger partial charge on any atom is 0.328 e. The van der Waals surface area contributed by atoms with E-state index in [1.165, 1.54) is 16.8 Å². The van der Waals surface area contributed by atoms with Crippen LogP contribution in [0.25, 0.3) is 0 Å². The Morgan fingerprint density at radius 2 is 1.53 bits per heavy atom. The Kier molecular flexibility index (Phi) is 8.22. The van der Waals surface area contributed by atoms with E-state index in [-0.39, 0.29) is 24.8 Å². The molecule has 0 saturated carbocycles. The molecular weight excluding hydrogens is 440 g/mol. The predicted octanol–water partition coefficient (Wildman–Crippen LogP) is 2.62. The van der Waals surface area contributed by atoms with Gasteiger partial charge >= 0.3 is 5.69 Å². The molecule has 178 valence electrons. The molecule has 0 bridgehead atoms. The number of aryl methyl sites for hydroxylation is 1. The molecule has 1 heterocycles. The largest absolute Gasteiger partial charge is 0.492 e. The number of carbonyl (C=O) groups excluding carboxylic acids is 2. The molecule has 0 aliphatic heterocycles. The lowest BCUT2D eigenvalue weighted by molar-refractivity contribution is -0.116. The highest BCUT2D eigenvalue weighted by atomic mass is 16.5. The van der Waals surface area contributed by atoms with Gasteiger partial charge in [-0.15, -0.1) is 0 Å². The number of hydrogen-bond donors (Lipinski definition) is 3. The van der Waals surface area contributed by atoms with Gasteiger partial charge in [0.2, 0.25) is 5.91 Å². The first-order valence-corrected chi connectivity index (χ1v) is 10.8. The van der Waals surface area contributed by atoms with Crippen LogP contribution >= 0.6 is 0 Å². The van der Waals surface area contributed by atoms with Gasteiger partial charge in [0.1, 0.15) is 11.5 Å². The standard InChI is InChI=1S/C24H26N4O6/c1-3-33-19-15-18(26-23(31)16-8-6-5-7-9-16)20(34-4-2)14-17(19)25-21(29)10-12-28-13-11-22(30)27-24(28)32/h5-9,11,13-15H,3-4,10,12H2,1-2H3,(H,25,29)(H,26,31)(H,27,30,32). The van der Waals surface area contributed by atoms with Crippen LogP contribution in [-0.2, 0) is 11.3 Å². The lowest BCUT2D eigenvalue weighted by Gasteiger charge is -2.18. The third-order valence-electron chi connectivity index (χ3n) is 4.72. The SMILES string of the molecule is CCOc1cc(NC(=O)c2ccccc2)c(OCC)cc1NC(=O)CCn1ccc(=O)[nH]c1=O. The fourth-order valence-electron chi connectivity index (χ4n) is 3.14. The summed E-state index contributed by atoms with van der Waals surface area (Å²) in [5.41, 5.74) is 0.152. The Morgan fingerprint density at radius 3 is 2.12 bits per heavy atom. The smallest absolute Gasteiger partial charge is 0.328 e. The molecule has 0 fully saturated rings. The van der Waals surface area contributed by atoms with Gasteiger partial charge in [-0.3, -0.25) is 19.4 Å². The lowest BCUT2D eigenvalue weighted by Crippen LogP contribution is -2.29. The Balaban J connectivity index is 1.80. The van der Waals surface area contributed by atoms with Gasteiger partial charge < -0.3 is 24.7 Å². The molecule has 0 aliphatic carbocycles. The zero-order chi connectivity index (χ0) is 24.5. The quantitative estimate of drug-likeness (QED) is 0.421. The van der Waals surface area contributed by atoms with Gasteiger partial charge in [-0.1, -0.05) is 18.2 Å². The second-order valence-electron chi connectivity index (χ2n) is 7.13. The van der Waals surface area contributed by atoms with Gasteiger partial charge in [0.05, 0.1) is 24.6 Å². The zero-order valence-electron chi connectivity index (χ0n) is 18.9. The highest BCUT2D eigenvalue weighted by Crippen LogP contribution is 2.37. The molecule has 0 atom stereocenters. The molecule has 10 heteroatoms. The molecule has 1 aromatic heterocycles. The summed E-state index contributed by atoms with van der Waals surface area (Å²) < 4.78 is 12.6. The van der Waals surface area contributed by atoms with E-state index >= 15 is 0 Å². The predicted molar refractivity (Wildman–Crippen MR) is 128 cm³/mol. The van der Waals surface area contributed by atoms with Crippen molar-refractivity contribution in [1.29, 1.82) is 0 Å². The number of H-pyrrole nitrogens is 1. The van der Waals surface area contributed by atoms with Crippen LogP contribution in [0.5, 0.6) is 11.5 Å². The van der Waals surface area contributed by atoms with E-state index in [0.29, 0.717) is 41.7 Å². The van der Waals surface area contributed by atoms with Crippen LogP contribution in [-0.4, -0.2) is 34.6 Å². The number of aromatic nitrogens is 2. The van der Waals surface area contributed by atoms with Gasteiger partial charge in [-0.2, -0.15) is 0 Å². The lowest BCUT2D eigenvalue weighted by atomic mass is 10.2. The number of benzene rings is 2. The summed E-state index contributed by atoms with van der Waals surface area (Å²) in [4.78, 5) is 50.3. The molecule has 0 saturated heterocycles. The van der Waals surface area contributed by atoms with Crippen molar-refractivity contribution in [3.05, 3.63) is 81.1 Å². The van der Waals surface area contributed by atoms with Crippen molar-refractivity contribution in [2.24, 2.45) is 0 Å². The molecule has 34 heavy (non-hydrogen) atoms. The number of carbonyl (C=O) groups is 2. The highest BCUT2D eigenvalue weighted by molar-refractivity contribution is 6.05. The average Bonchev–Trinajstić information content (AvgIpc) is 2.82. The number of amides is 2. The van der Waals surface area contributed by atoms with Gasteiger partial charge in [0, 0.05) is 42.9 Å². The molecule has 0 aliphatic rings. The van der Waals surface area contributed by atoms with Gasteiger partial charge in [-0.05, 0) is 26.0 Å². The summed E-state index contributed by atoms with van der Waals surface area (Å²) in [5.74, 6) is 0.0287. The second-order valence-corrected chi connectivity index (χ2v) is 7.13. The second kappa shape index (κ2) is 11.5. The highest BCUT2D eigenvalue weighted by Gasteiger charge is 2.17. The number of anilines is 2. The number of rotatable bonds is 10. The van der Waals surface area contributed by atoms with Crippen LogP contribution in [0.15, 0.2) is 64.3 Å². The van der Waals surface area contributed by atoms with Gasteiger partial charge in [0.15, 0.2) is 0 Å². The average molecular weight is 466 g/mol. The van der Waals surface area contributed by atoms with Crippen LogP contribution in [0.1, 0.15) is 30.6 Å². The van der Waals surface area contributed by atoms with Crippen molar-refractivity contribution >= 4 is 23.2 Å². The molecule has 3 rings (SSSR count). The summed E-state index contributed by atoms with van der Waals surface area (Å²) in [6, 6.07) is 13.1. The molecule has 10 nitrogen and oxygen atoms in total. The fraction of sp³-hybridized carbons (Fsp3) is 0.250. The Bertz CT molecular complexity index is 1270. The van der Waals surface area contributed by atoms with Crippen molar-refractivity contribution < 1.29 is 19.1 Å². The van der Waals surface area contributed by atoms with Crippen molar-refractivity contribution in [3.8, 4) is 11.5 Å². The molecule has 0 radical (unpaired) electrons. The maximum atomic E-state index is 12.6. The van der Waals surface area contributed by atoms with E-state index in [9.17, 15) is 19.2 Å². The Morgan fingerprint density at radius 1 is 0.912 bits per heavy atom. The van der Waals surface area contributed by atoms with Crippen molar-refractivity contribution in [2.45, 2.75) is 26.8 Å². The molecular formula is C24H26N4O6. The van der Waals surface area contributed by atoms with E-state index in [1.54, 1.807) is 50.2 Å². The minimum Gasteiger partial charge on any atom is -0.492 e. The number of hydrogen-bond acceptors (Lipinski definition) is 6. The van der Waals surface area contributed by atoms with Crippen LogP contribution in [0.4, 0.5) is 11.4 Å². The first-order valence-electron chi connectivity index (χ1n) is 10.8. The van der Waals surface area contributed by atoms with Crippen LogP contribution in [0.2, 0.25) is 0 Å². The summed E-state index contributed by atoms with van der Waals surface area (Å²) in [5, 5.41) is 5.59. The molecule has 2 aromatic carbocycles. The fourth-order valence-corrected chi connectivity index (χ4v) is 3.14. The zero-order valence-corrected chi connectivity index (χ0v) is 18.9. The maximum absolute atomic E-state index is 12.6. The minimum absolute atomic E-state index is 0.0199. The van der Waals surface area contributed by atoms with E-state index in [4.69, 9.17) is 9.47 Å². The molecule has 2 amide bonds. The van der Waals surface area contributed by atoms with Crippen LogP contribution in [0, 0.1) is 0 Å². The van der Waals surface area contributed by atoms with Gasteiger partial charge in [0.25, 0.3) is 11.5 Å². The van der Waals surface area contributed by atoms with E-state index in [2.05, 4.69) is 15.6 Å². The molecule has 0 unspecified atom stereocenters.